The first-order valence-corrected chi connectivity index (χ1v) is 11.6. The second kappa shape index (κ2) is 12.4. The van der Waals surface area contributed by atoms with Crippen molar-refractivity contribution in [3.8, 4) is 5.75 Å². The molecule has 0 bridgehead atoms. The van der Waals surface area contributed by atoms with Crippen molar-refractivity contribution in [2.45, 2.75) is 13.1 Å². The summed E-state index contributed by atoms with van der Waals surface area (Å²) < 4.78 is 0. The van der Waals surface area contributed by atoms with Crippen LogP contribution in [0.1, 0.15) is 11.1 Å². The summed E-state index contributed by atoms with van der Waals surface area (Å²) in [7, 11) is 4.04. The molecule has 2 N–H and O–H groups in total. The summed E-state index contributed by atoms with van der Waals surface area (Å²) in [6.45, 7) is 9.87. The first kappa shape index (κ1) is 25.6. The summed E-state index contributed by atoms with van der Waals surface area (Å²) >= 11 is 0. The van der Waals surface area contributed by atoms with E-state index in [0.29, 0.717) is 5.75 Å². The van der Waals surface area contributed by atoms with Gasteiger partial charge in [0.1, 0.15) is 5.75 Å². The molecule has 7 nitrogen and oxygen atoms in total. The molecule has 8 heteroatoms. The van der Waals surface area contributed by atoms with Gasteiger partial charge in [-0.3, -0.25) is 9.89 Å². The molecular weight excluding hydrogens is 527 g/mol. The molecule has 4 rings (SSSR count). The highest BCUT2D eigenvalue weighted by molar-refractivity contribution is 14.0. The van der Waals surface area contributed by atoms with Gasteiger partial charge in [0.15, 0.2) is 5.96 Å². The third-order valence-electron chi connectivity index (χ3n) is 6.49. The first-order valence-electron chi connectivity index (χ1n) is 11.6. The maximum atomic E-state index is 10.1. The van der Waals surface area contributed by atoms with E-state index >= 15 is 0 Å². The van der Waals surface area contributed by atoms with Crippen LogP contribution in [0.3, 0.4) is 0 Å². The zero-order valence-electron chi connectivity index (χ0n) is 19.8. The Hall–Kier alpha value is -2.04. The number of phenolic OH excluding ortho intramolecular Hbond substituents is 1. The first-order chi connectivity index (χ1) is 15.6. The van der Waals surface area contributed by atoms with E-state index in [-0.39, 0.29) is 24.0 Å². The number of nitrogens with zero attached hydrogens (tertiary/aromatic N) is 5. The van der Waals surface area contributed by atoms with Gasteiger partial charge in [0.2, 0.25) is 0 Å². The van der Waals surface area contributed by atoms with Gasteiger partial charge in [-0.15, -0.1) is 24.0 Å². The van der Waals surface area contributed by atoms with Crippen molar-refractivity contribution in [1.29, 1.82) is 0 Å². The van der Waals surface area contributed by atoms with E-state index in [4.69, 9.17) is 0 Å². The Morgan fingerprint density at radius 1 is 0.879 bits per heavy atom. The number of benzene rings is 2. The average Bonchev–Trinajstić information content (AvgIpc) is 2.83. The molecule has 2 aromatic carbocycles. The Balaban J connectivity index is 0.00000306. The third kappa shape index (κ3) is 6.97. The smallest absolute Gasteiger partial charge is 0.194 e. The Morgan fingerprint density at radius 3 is 2.15 bits per heavy atom. The maximum Gasteiger partial charge on any atom is 0.194 e. The predicted molar refractivity (Wildman–Crippen MR) is 147 cm³/mol. The Bertz CT molecular complexity index is 890. The lowest BCUT2D eigenvalue weighted by Gasteiger charge is -2.37. The highest BCUT2D eigenvalue weighted by Crippen LogP contribution is 2.27. The topological polar surface area (TPSA) is 57.6 Å². The van der Waals surface area contributed by atoms with Crippen molar-refractivity contribution < 1.29 is 5.11 Å². The van der Waals surface area contributed by atoms with E-state index in [0.717, 1.165) is 77.1 Å². The minimum atomic E-state index is 0. The minimum Gasteiger partial charge on any atom is -0.506 e. The van der Waals surface area contributed by atoms with Crippen molar-refractivity contribution >= 4 is 35.6 Å². The van der Waals surface area contributed by atoms with Crippen LogP contribution >= 0.6 is 24.0 Å². The molecule has 0 aromatic heterocycles. The average molecular weight is 565 g/mol. The monoisotopic (exact) mass is 564 g/mol. The standard InChI is InChI=1S/C25H36N6O.HI/c1-26-25(31-17-15-30(16-18-31)23-5-3-4-6-24(23)32)27-19-21-7-9-22(10-8-21)20-29-13-11-28(2)12-14-29;/h3-10,32H,11-20H2,1-2H3,(H,26,27);1H. The van der Waals surface area contributed by atoms with Gasteiger partial charge in [-0.2, -0.15) is 0 Å². The SMILES string of the molecule is CN=C(NCc1ccc(CN2CCN(C)CC2)cc1)N1CCN(c2ccccc2O)CC1.I. The number of rotatable bonds is 5. The van der Waals surface area contributed by atoms with Crippen molar-refractivity contribution in [2.24, 2.45) is 4.99 Å². The van der Waals surface area contributed by atoms with Crippen molar-refractivity contribution in [3.05, 3.63) is 59.7 Å². The van der Waals surface area contributed by atoms with Crippen LogP contribution in [0.2, 0.25) is 0 Å². The van der Waals surface area contributed by atoms with Gasteiger partial charge in [-0.05, 0) is 30.3 Å². The number of guanidine groups is 1. The lowest BCUT2D eigenvalue weighted by Crippen LogP contribution is -2.52. The van der Waals surface area contributed by atoms with Crippen LogP contribution in [-0.2, 0) is 13.1 Å². The summed E-state index contributed by atoms with van der Waals surface area (Å²) in [5.41, 5.74) is 3.55. The summed E-state index contributed by atoms with van der Waals surface area (Å²) in [4.78, 5) is 13.9. The molecule has 33 heavy (non-hydrogen) atoms. The minimum absolute atomic E-state index is 0. The number of nitrogens with one attached hydrogen (secondary N) is 1. The van der Waals surface area contributed by atoms with Gasteiger partial charge in [0.05, 0.1) is 5.69 Å². The van der Waals surface area contributed by atoms with Crippen LogP contribution in [0.4, 0.5) is 5.69 Å². The van der Waals surface area contributed by atoms with Gasteiger partial charge >= 0.3 is 0 Å². The number of halogens is 1. The molecule has 0 radical (unpaired) electrons. The number of likely N-dealkylation sites (N-methyl/N-ethyl adjacent to an activating group) is 1. The second-order valence-electron chi connectivity index (χ2n) is 8.76. The number of para-hydroxylation sites is 2. The van der Waals surface area contributed by atoms with E-state index in [1.807, 2.05) is 25.2 Å². The molecule has 0 unspecified atom stereocenters. The number of phenols is 1. The van der Waals surface area contributed by atoms with Crippen molar-refractivity contribution in [1.82, 2.24) is 20.0 Å². The van der Waals surface area contributed by atoms with Crippen molar-refractivity contribution in [2.75, 3.05) is 71.4 Å². The largest absolute Gasteiger partial charge is 0.506 e. The van der Waals surface area contributed by atoms with Crippen LogP contribution in [0.5, 0.6) is 5.75 Å². The molecule has 0 saturated carbocycles. The third-order valence-corrected chi connectivity index (χ3v) is 6.49. The predicted octanol–water partition coefficient (Wildman–Crippen LogP) is 2.66. The van der Waals surface area contributed by atoms with E-state index in [1.54, 1.807) is 6.07 Å². The van der Waals surface area contributed by atoms with Crippen LogP contribution < -0.4 is 10.2 Å². The number of hydrogen-bond acceptors (Lipinski definition) is 5. The molecule has 2 aromatic rings. The zero-order chi connectivity index (χ0) is 22.3. The van der Waals surface area contributed by atoms with Crippen LogP contribution in [0.25, 0.3) is 0 Å². The molecule has 2 saturated heterocycles. The van der Waals surface area contributed by atoms with Gasteiger partial charge in [0.25, 0.3) is 0 Å². The Kier molecular flexibility index (Phi) is 9.64. The fourth-order valence-corrected chi connectivity index (χ4v) is 4.43. The molecule has 0 atom stereocenters. The molecule has 2 heterocycles. The summed E-state index contributed by atoms with van der Waals surface area (Å²) in [6, 6.07) is 16.5. The van der Waals surface area contributed by atoms with Gasteiger partial charge in [-0.25, -0.2) is 0 Å². The van der Waals surface area contributed by atoms with Crippen LogP contribution in [-0.4, -0.2) is 92.2 Å². The Labute approximate surface area is 215 Å². The number of hydrogen-bond donors (Lipinski definition) is 2. The Morgan fingerprint density at radius 2 is 1.52 bits per heavy atom. The van der Waals surface area contributed by atoms with Crippen LogP contribution in [0.15, 0.2) is 53.5 Å². The highest BCUT2D eigenvalue weighted by Gasteiger charge is 2.21. The van der Waals surface area contributed by atoms with Gasteiger partial charge in [0, 0.05) is 72.5 Å². The number of piperazine rings is 2. The fourth-order valence-electron chi connectivity index (χ4n) is 4.43. The van der Waals surface area contributed by atoms with Crippen LogP contribution in [0, 0.1) is 0 Å². The van der Waals surface area contributed by atoms with Crippen molar-refractivity contribution in [3.63, 3.8) is 0 Å². The summed E-state index contributed by atoms with van der Waals surface area (Å²) in [6.07, 6.45) is 0. The summed E-state index contributed by atoms with van der Waals surface area (Å²) in [5.74, 6) is 1.28. The molecule has 2 fully saturated rings. The fraction of sp³-hybridized carbons (Fsp3) is 0.480. The highest BCUT2D eigenvalue weighted by atomic mass is 127. The van der Waals surface area contributed by atoms with Gasteiger partial charge in [-0.1, -0.05) is 36.4 Å². The van der Waals surface area contributed by atoms with E-state index in [1.165, 1.54) is 11.1 Å². The van der Waals surface area contributed by atoms with E-state index in [2.05, 4.69) is 61.2 Å². The lowest BCUT2D eigenvalue weighted by atomic mass is 10.1. The normalized spacial score (nSPS) is 18.2. The maximum absolute atomic E-state index is 10.1. The molecule has 0 spiro atoms. The number of aromatic hydroxyl groups is 1. The number of aliphatic imine (C=N–C) groups is 1. The lowest BCUT2D eigenvalue weighted by molar-refractivity contribution is 0.148. The second-order valence-corrected chi connectivity index (χ2v) is 8.76. The molecule has 180 valence electrons. The molecule has 2 aliphatic heterocycles. The zero-order valence-corrected chi connectivity index (χ0v) is 22.1. The summed E-state index contributed by atoms with van der Waals surface area (Å²) in [5, 5.41) is 13.6. The van der Waals surface area contributed by atoms with Gasteiger partial charge < -0.3 is 25.1 Å². The quantitative estimate of drug-likeness (QED) is 0.331. The molecule has 2 aliphatic rings. The van der Waals surface area contributed by atoms with E-state index in [9.17, 15) is 5.11 Å². The molecule has 0 aliphatic carbocycles. The molecule has 0 amide bonds. The molecular formula is C25H37IN6O. The van der Waals surface area contributed by atoms with E-state index < -0.39 is 0 Å². The number of anilines is 1.